The minimum Gasteiger partial charge on any atom is -0.310 e. The van der Waals surface area contributed by atoms with Crippen molar-refractivity contribution in [2.45, 2.75) is 19.3 Å². The first-order chi connectivity index (χ1) is 35.0. The van der Waals surface area contributed by atoms with Crippen molar-refractivity contribution in [2.24, 2.45) is 0 Å². The van der Waals surface area contributed by atoms with E-state index in [1.807, 2.05) is 12.2 Å². The Morgan fingerprint density at radius 1 is 0.479 bits per heavy atom. The van der Waals surface area contributed by atoms with Crippen LogP contribution in [0.1, 0.15) is 52.9 Å². The van der Waals surface area contributed by atoms with Gasteiger partial charge in [-0.1, -0.05) is 195 Å². The fourth-order valence-electron chi connectivity index (χ4n) is 11.6. The highest BCUT2D eigenvalue weighted by molar-refractivity contribution is 5.99. The maximum Gasteiger partial charge on any atom is 0.0725 e. The molecule has 0 saturated carbocycles. The molecule has 0 bridgehead atoms. The van der Waals surface area contributed by atoms with Gasteiger partial charge in [-0.05, 0) is 165 Å². The summed E-state index contributed by atoms with van der Waals surface area (Å²) in [5.41, 5.74) is 24.7. The Bertz CT molecular complexity index is 3770. The predicted octanol–water partition coefficient (Wildman–Crippen LogP) is 18.6. The van der Waals surface area contributed by atoms with E-state index in [-0.39, 0.29) is 0 Å². The smallest absolute Gasteiger partial charge is 0.0725 e. The van der Waals surface area contributed by atoms with Gasteiger partial charge in [0.05, 0.1) is 16.6 Å². The van der Waals surface area contributed by atoms with Crippen LogP contribution in [0.3, 0.4) is 0 Å². The number of hydrogen-bond donors (Lipinski definition) is 0. The topological polar surface area (TPSA) is 8.17 Å². The molecule has 0 saturated heterocycles. The molecule has 1 spiro atoms. The first-order valence-electron chi connectivity index (χ1n) is 24.6. The molecule has 338 valence electrons. The van der Waals surface area contributed by atoms with Crippen LogP contribution in [0.5, 0.6) is 0 Å². The second kappa shape index (κ2) is 17.8. The molecule has 1 heterocycles. The molecule has 0 radical (unpaired) electrons. The summed E-state index contributed by atoms with van der Waals surface area (Å²) in [5, 5.41) is 1.19. The molecule has 0 unspecified atom stereocenters. The Balaban J connectivity index is 0.992. The lowest BCUT2D eigenvalue weighted by atomic mass is 9.70. The number of aromatic nitrogens is 1. The number of hydrogen-bond acceptors (Lipinski definition) is 1. The van der Waals surface area contributed by atoms with Crippen molar-refractivity contribution in [1.29, 1.82) is 0 Å². The Kier molecular flexibility index (Phi) is 10.9. The third kappa shape index (κ3) is 6.94. The second-order valence-electron chi connectivity index (χ2n) is 18.4. The van der Waals surface area contributed by atoms with Gasteiger partial charge in [-0.25, -0.2) is 0 Å². The van der Waals surface area contributed by atoms with Gasteiger partial charge in [-0.2, -0.15) is 0 Å². The maximum absolute atomic E-state index is 4.25. The van der Waals surface area contributed by atoms with Gasteiger partial charge in [0.2, 0.25) is 0 Å². The summed E-state index contributed by atoms with van der Waals surface area (Å²) in [4.78, 5) is 2.42. The number of nitrogens with zero attached hydrogens (tertiary/aromatic N) is 2. The van der Waals surface area contributed by atoms with E-state index in [0.29, 0.717) is 0 Å². The van der Waals surface area contributed by atoms with Crippen molar-refractivity contribution < 1.29 is 0 Å². The number of anilines is 3. The highest BCUT2D eigenvalue weighted by Gasteiger charge is 2.51. The second-order valence-corrected chi connectivity index (χ2v) is 18.4. The summed E-state index contributed by atoms with van der Waals surface area (Å²) in [6.07, 6.45) is 14.4. The molecule has 0 fully saturated rings. The quantitative estimate of drug-likeness (QED) is 0.117. The van der Waals surface area contributed by atoms with Gasteiger partial charge in [0.25, 0.3) is 0 Å². The predicted molar refractivity (Wildman–Crippen MR) is 303 cm³/mol. The lowest BCUT2D eigenvalue weighted by Gasteiger charge is -2.31. The van der Waals surface area contributed by atoms with Crippen LogP contribution in [0.2, 0.25) is 0 Å². The molecule has 0 aliphatic heterocycles. The van der Waals surface area contributed by atoms with Gasteiger partial charge in [0.1, 0.15) is 0 Å². The molecule has 0 amide bonds. The van der Waals surface area contributed by atoms with E-state index in [1.165, 1.54) is 49.9 Å². The Hall–Kier alpha value is -8.98. The molecule has 71 heavy (non-hydrogen) atoms. The van der Waals surface area contributed by atoms with Crippen LogP contribution >= 0.6 is 0 Å². The fourth-order valence-corrected chi connectivity index (χ4v) is 11.6. The number of para-hydroxylation sites is 1. The SMILES string of the molecule is C=C/C=C(\C=C/C)c1ccc(N(c2cccc(-c3cccc(-c4ccc5c(c4)c(/C=C\C)c(C=C)n5-c4ccccc4)c3)c2)c2ccc3c(c2)-c2ccccc2C32c3ccccc3-c3ccccc32)cc1. The van der Waals surface area contributed by atoms with Crippen molar-refractivity contribution in [3.05, 3.63) is 295 Å². The third-order valence-corrected chi connectivity index (χ3v) is 14.6. The molecule has 0 N–H and O–H groups in total. The summed E-state index contributed by atoms with van der Waals surface area (Å²) in [5.74, 6) is 0. The van der Waals surface area contributed by atoms with Gasteiger partial charge in [0.15, 0.2) is 0 Å². The van der Waals surface area contributed by atoms with Gasteiger partial charge in [-0.15, -0.1) is 0 Å². The Morgan fingerprint density at radius 2 is 1.04 bits per heavy atom. The number of allylic oxidation sites excluding steroid dienone is 6. The molecule has 12 rings (SSSR count). The first kappa shape index (κ1) is 43.3. The molecule has 2 heteroatoms. The van der Waals surface area contributed by atoms with E-state index >= 15 is 0 Å². The van der Waals surface area contributed by atoms with Gasteiger partial charge < -0.3 is 9.47 Å². The van der Waals surface area contributed by atoms with Crippen molar-refractivity contribution in [1.82, 2.24) is 4.57 Å². The maximum atomic E-state index is 4.25. The van der Waals surface area contributed by atoms with Crippen LogP contribution in [0.25, 0.3) is 78.8 Å². The highest BCUT2D eigenvalue weighted by Crippen LogP contribution is 2.63. The van der Waals surface area contributed by atoms with E-state index in [0.717, 1.165) is 72.9 Å². The van der Waals surface area contributed by atoms with Crippen molar-refractivity contribution in [3.8, 4) is 50.2 Å². The van der Waals surface area contributed by atoms with Crippen molar-refractivity contribution in [3.63, 3.8) is 0 Å². The zero-order valence-electron chi connectivity index (χ0n) is 40.1. The third-order valence-electron chi connectivity index (χ3n) is 14.6. The molecule has 1 aromatic heterocycles. The zero-order valence-corrected chi connectivity index (χ0v) is 40.1. The fraction of sp³-hybridized carbons (Fsp3) is 0.0435. The molecular weight excluding hydrogens is 857 g/mol. The Morgan fingerprint density at radius 3 is 1.68 bits per heavy atom. The van der Waals surface area contributed by atoms with Crippen LogP contribution in [0.15, 0.2) is 256 Å². The van der Waals surface area contributed by atoms with E-state index in [4.69, 9.17) is 0 Å². The van der Waals surface area contributed by atoms with E-state index in [1.54, 1.807) is 0 Å². The van der Waals surface area contributed by atoms with Crippen LogP contribution in [0.4, 0.5) is 17.1 Å². The average molecular weight is 909 g/mol. The molecule has 9 aromatic carbocycles. The van der Waals surface area contributed by atoms with Crippen molar-refractivity contribution in [2.75, 3.05) is 4.90 Å². The minimum absolute atomic E-state index is 0.408. The molecule has 10 aromatic rings. The van der Waals surface area contributed by atoms with Crippen LogP contribution in [0, 0.1) is 0 Å². The van der Waals surface area contributed by atoms with E-state index in [2.05, 4.69) is 279 Å². The van der Waals surface area contributed by atoms with Crippen LogP contribution in [-0.2, 0) is 5.41 Å². The molecule has 0 atom stereocenters. The van der Waals surface area contributed by atoms with Crippen LogP contribution in [-0.4, -0.2) is 4.57 Å². The van der Waals surface area contributed by atoms with E-state index < -0.39 is 5.41 Å². The summed E-state index contributed by atoms with van der Waals surface area (Å²) >= 11 is 0. The minimum atomic E-state index is -0.408. The average Bonchev–Trinajstić information content (AvgIpc) is 4.02. The number of fused-ring (bicyclic) bond motifs is 11. The van der Waals surface area contributed by atoms with Crippen molar-refractivity contribution >= 4 is 45.7 Å². The van der Waals surface area contributed by atoms with E-state index in [9.17, 15) is 0 Å². The number of benzene rings is 9. The zero-order chi connectivity index (χ0) is 48.1. The lowest BCUT2D eigenvalue weighted by molar-refractivity contribution is 0.794. The van der Waals surface area contributed by atoms with Crippen LogP contribution < -0.4 is 4.90 Å². The normalized spacial score (nSPS) is 13.1. The summed E-state index contributed by atoms with van der Waals surface area (Å²) < 4.78 is 2.31. The largest absolute Gasteiger partial charge is 0.310 e. The van der Waals surface area contributed by atoms with Gasteiger partial charge >= 0.3 is 0 Å². The summed E-state index contributed by atoms with van der Waals surface area (Å²) in [6, 6.07) is 78.5. The molecule has 2 aliphatic carbocycles. The molecular formula is C69H52N2. The monoisotopic (exact) mass is 908 g/mol. The Labute approximate surface area is 417 Å². The standard InChI is InChI=1S/C69H52N2/c1-5-20-47(21-6-2)48-35-38-54(39-36-48)70(56-40-41-66-61(46-56)59-31-14-17-34-65(59)69(66)63-32-15-12-29-57(63)58-30-13-16-33-64(58)69)55-28-19-25-51(44-55)49-23-18-24-50(43-49)52-37-42-68-62(45-52)60(22-7-3)67(8-4)71(68)53-26-10-9-11-27-53/h5-46H,1,4H2,2-3H3/b21-6-,22-7-,47-20+. The first-order valence-corrected chi connectivity index (χ1v) is 24.6. The lowest BCUT2D eigenvalue weighted by Crippen LogP contribution is -2.25. The molecule has 2 aliphatic rings. The highest BCUT2D eigenvalue weighted by atomic mass is 15.1. The van der Waals surface area contributed by atoms with Gasteiger partial charge in [-0.3, -0.25) is 0 Å². The number of rotatable bonds is 11. The van der Waals surface area contributed by atoms with Gasteiger partial charge in [0, 0.05) is 33.7 Å². The summed E-state index contributed by atoms with van der Waals surface area (Å²) in [6.45, 7) is 12.4. The summed E-state index contributed by atoms with van der Waals surface area (Å²) in [7, 11) is 0. The molecule has 2 nitrogen and oxygen atoms in total.